The molecular weight excluding hydrogens is 316 g/mol. The van der Waals surface area contributed by atoms with Crippen molar-refractivity contribution in [3.05, 3.63) is 28.7 Å². The molecule has 1 fully saturated rings. The van der Waals surface area contributed by atoms with Crippen molar-refractivity contribution in [2.24, 2.45) is 5.92 Å². The van der Waals surface area contributed by atoms with Crippen LogP contribution in [-0.4, -0.2) is 25.8 Å². The molecule has 0 bridgehead atoms. The van der Waals surface area contributed by atoms with Gasteiger partial charge in [0.15, 0.2) is 0 Å². The summed E-state index contributed by atoms with van der Waals surface area (Å²) < 4.78 is 26.9. The third kappa shape index (κ3) is 2.58. The van der Waals surface area contributed by atoms with Crippen LogP contribution < -0.4 is 0 Å². The number of benzene rings is 1. The molecule has 0 saturated carbocycles. The molecule has 0 radical (unpaired) electrons. The van der Waals surface area contributed by atoms with Gasteiger partial charge in [0.1, 0.15) is 0 Å². The van der Waals surface area contributed by atoms with Gasteiger partial charge in [0.2, 0.25) is 10.0 Å². The Bertz CT molecular complexity index is 572. The van der Waals surface area contributed by atoms with Crippen LogP contribution in [0.5, 0.6) is 0 Å². The first-order valence-electron chi connectivity index (χ1n) is 5.70. The molecule has 0 spiro atoms. The number of hydrogen-bond donors (Lipinski definition) is 0. The zero-order valence-electron chi connectivity index (χ0n) is 9.71. The maximum absolute atomic E-state index is 12.4. The van der Waals surface area contributed by atoms with Crippen LogP contribution in [0.1, 0.15) is 12.8 Å². The predicted molar refractivity (Wildman–Crippen MR) is 71.2 cm³/mol. The van der Waals surface area contributed by atoms with Crippen LogP contribution in [0.25, 0.3) is 0 Å². The van der Waals surface area contributed by atoms with Gasteiger partial charge in [-0.2, -0.15) is 9.57 Å². The standard InChI is InChI=1S/C12H13BrN2O2S/c13-11-3-1-2-4-12(11)18(16,17)15-7-5-10(9-14)6-8-15/h1-4,10H,5-8H2. The highest BCUT2D eigenvalue weighted by atomic mass is 79.9. The second kappa shape index (κ2) is 5.39. The lowest BCUT2D eigenvalue weighted by atomic mass is 10.0. The number of halogens is 1. The van der Waals surface area contributed by atoms with Crippen molar-refractivity contribution in [3.63, 3.8) is 0 Å². The van der Waals surface area contributed by atoms with Crippen molar-refractivity contribution in [2.75, 3.05) is 13.1 Å². The summed E-state index contributed by atoms with van der Waals surface area (Å²) in [6.07, 6.45) is 1.22. The van der Waals surface area contributed by atoms with E-state index in [1.807, 2.05) is 0 Å². The molecule has 1 aliphatic heterocycles. The van der Waals surface area contributed by atoms with Crippen LogP contribution >= 0.6 is 15.9 Å². The molecule has 0 aromatic heterocycles. The van der Waals surface area contributed by atoms with E-state index >= 15 is 0 Å². The molecule has 4 nitrogen and oxygen atoms in total. The minimum Gasteiger partial charge on any atom is -0.207 e. The lowest BCUT2D eigenvalue weighted by Crippen LogP contribution is -2.38. The van der Waals surface area contributed by atoms with Gasteiger partial charge in [-0.15, -0.1) is 0 Å². The van der Waals surface area contributed by atoms with E-state index in [1.165, 1.54) is 4.31 Å². The van der Waals surface area contributed by atoms with E-state index < -0.39 is 10.0 Å². The third-order valence-corrected chi connectivity index (χ3v) is 6.00. The van der Waals surface area contributed by atoms with Gasteiger partial charge in [-0.3, -0.25) is 0 Å². The Morgan fingerprint density at radius 3 is 2.44 bits per heavy atom. The number of sulfonamides is 1. The van der Waals surface area contributed by atoms with Crippen LogP contribution in [0.15, 0.2) is 33.6 Å². The van der Waals surface area contributed by atoms with Crippen molar-refractivity contribution in [1.29, 1.82) is 5.26 Å². The highest BCUT2D eigenvalue weighted by molar-refractivity contribution is 9.10. The summed E-state index contributed by atoms with van der Waals surface area (Å²) in [5.41, 5.74) is 0. The molecular formula is C12H13BrN2O2S. The summed E-state index contributed by atoms with van der Waals surface area (Å²) in [6.45, 7) is 0.837. The number of nitrogens with zero attached hydrogens (tertiary/aromatic N) is 2. The molecule has 1 saturated heterocycles. The predicted octanol–water partition coefficient (Wildman–Crippen LogP) is 2.37. The third-order valence-electron chi connectivity index (χ3n) is 3.09. The normalized spacial score (nSPS) is 18.4. The van der Waals surface area contributed by atoms with Crippen molar-refractivity contribution in [2.45, 2.75) is 17.7 Å². The monoisotopic (exact) mass is 328 g/mol. The first-order valence-corrected chi connectivity index (χ1v) is 7.93. The van der Waals surface area contributed by atoms with E-state index in [1.54, 1.807) is 24.3 Å². The molecule has 1 aromatic carbocycles. The Hall–Kier alpha value is -0.900. The maximum atomic E-state index is 12.4. The van der Waals surface area contributed by atoms with Crippen LogP contribution in [-0.2, 0) is 10.0 Å². The highest BCUT2D eigenvalue weighted by Gasteiger charge is 2.30. The van der Waals surface area contributed by atoms with Gasteiger partial charge in [-0.1, -0.05) is 12.1 Å². The van der Waals surface area contributed by atoms with Crippen molar-refractivity contribution in [3.8, 4) is 6.07 Å². The van der Waals surface area contributed by atoms with Crippen molar-refractivity contribution >= 4 is 26.0 Å². The first kappa shape index (κ1) is 13.5. The zero-order valence-corrected chi connectivity index (χ0v) is 12.1. The SMILES string of the molecule is N#CC1CCN(S(=O)(=O)c2ccccc2Br)CC1. The Kier molecular flexibility index (Phi) is 4.05. The van der Waals surface area contributed by atoms with Crippen LogP contribution in [0, 0.1) is 17.2 Å². The van der Waals surface area contributed by atoms with Crippen LogP contribution in [0.3, 0.4) is 0 Å². The largest absolute Gasteiger partial charge is 0.244 e. The van der Waals surface area contributed by atoms with E-state index in [9.17, 15) is 8.42 Å². The lowest BCUT2D eigenvalue weighted by molar-refractivity contribution is 0.310. The van der Waals surface area contributed by atoms with E-state index in [4.69, 9.17) is 5.26 Å². The summed E-state index contributed by atoms with van der Waals surface area (Å²) in [4.78, 5) is 0.292. The van der Waals surface area contributed by atoms with Gasteiger partial charge in [0.25, 0.3) is 0 Å². The average Bonchev–Trinajstić information content (AvgIpc) is 2.39. The second-order valence-electron chi connectivity index (χ2n) is 4.24. The lowest BCUT2D eigenvalue weighted by Gasteiger charge is -2.28. The van der Waals surface area contributed by atoms with Gasteiger partial charge in [0, 0.05) is 23.5 Å². The summed E-state index contributed by atoms with van der Waals surface area (Å²) >= 11 is 3.27. The molecule has 18 heavy (non-hydrogen) atoms. The molecule has 0 atom stereocenters. The maximum Gasteiger partial charge on any atom is 0.244 e. The number of piperidine rings is 1. The number of nitriles is 1. The summed E-state index contributed by atoms with van der Waals surface area (Å²) in [5, 5.41) is 8.82. The highest BCUT2D eigenvalue weighted by Crippen LogP contribution is 2.27. The topological polar surface area (TPSA) is 61.2 Å². The van der Waals surface area contributed by atoms with E-state index in [0.717, 1.165) is 0 Å². The first-order chi connectivity index (χ1) is 8.55. The van der Waals surface area contributed by atoms with Gasteiger partial charge < -0.3 is 0 Å². The molecule has 2 rings (SSSR count). The molecule has 0 aliphatic carbocycles. The average molecular weight is 329 g/mol. The fourth-order valence-electron chi connectivity index (χ4n) is 2.02. The van der Waals surface area contributed by atoms with Crippen LogP contribution in [0.4, 0.5) is 0 Å². The van der Waals surface area contributed by atoms with E-state index in [0.29, 0.717) is 35.3 Å². The Labute approximate surface area is 115 Å². The van der Waals surface area contributed by atoms with Gasteiger partial charge in [-0.05, 0) is 40.9 Å². The smallest absolute Gasteiger partial charge is 0.207 e. The zero-order chi connectivity index (χ0) is 13.2. The second-order valence-corrected chi connectivity index (χ2v) is 7.00. The van der Waals surface area contributed by atoms with Gasteiger partial charge in [-0.25, -0.2) is 8.42 Å². The summed E-state index contributed by atoms with van der Waals surface area (Å²) in [5.74, 6) is -0.0179. The van der Waals surface area contributed by atoms with Gasteiger partial charge in [0.05, 0.1) is 11.0 Å². The number of rotatable bonds is 2. The molecule has 1 heterocycles. The fourth-order valence-corrected chi connectivity index (χ4v) is 4.45. The molecule has 1 aliphatic rings. The Balaban J connectivity index is 2.24. The fraction of sp³-hybridized carbons (Fsp3) is 0.417. The van der Waals surface area contributed by atoms with E-state index in [-0.39, 0.29) is 5.92 Å². The quantitative estimate of drug-likeness (QED) is 0.837. The summed E-state index contributed by atoms with van der Waals surface area (Å²) in [6, 6.07) is 9.00. The van der Waals surface area contributed by atoms with Crippen LogP contribution in [0.2, 0.25) is 0 Å². The van der Waals surface area contributed by atoms with Crippen molar-refractivity contribution in [1.82, 2.24) is 4.31 Å². The molecule has 1 aromatic rings. The van der Waals surface area contributed by atoms with Gasteiger partial charge >= 0.3 is 0 Å². The van der Waals surface area contributed by atoms with E-state index in [2.05, 4.69) is 22.0 Å². The molecule has 0 amide bonds. The Morgan fingerprint density at radius 1 is 1.28 bits per heavy atom. The molecule has 6 heteroatoms. The summed E-state index contributed by atoms with van der Waals surface area (Å²) in [7, 11) is -3.45. The molecule has 0 unspecified atom stereocenters. The number of hydrogen-bond acceptors (Lipinski definition) is 3. The Morgan fingerprint density at radius 2 is 1.89 bits per heavy atom. The molecule has 96 valence electrons. The minimum atomic E-state index is -3.45. The van der Waals surface area contributed by atoms with Crippen molar-refractivity contribution < 1.29 is 8.42 Å². The minimum absolute atomic E-state index is 0.0179. The molecule has 0 N–H and O–H groups in total.